The Bertz CT molecular complexity index is 888. The monoisotopic (exact) mass is 406 g/mol. The molecule has 0 spiro atoms. The molecule has 3 unspecified atom stereocenters. The molecule has 2 rings (SSSR count). The molecular formula is C18H15F5O5. The van der Waals surface area contributed by atoms with Gasteiger partial charge in [0, 0.05) is 5.56 Å². The number of hydrogen-bond donors (Lipinski definition) is 3. The summed E-state index contributed by atoms with van der Waals surface area (Å²) >= 11 is 0. The lowest BCUT2D eigenvalue weighted by Crippen LogP contribution is -2.45. The van der Waals surface area contributed by atoms with Gasteiger partial charge in [-0.1, -0.05) is 12.1 Å². The van der Waals surface area contributed by atoms with E-state index in [-0.39, 0.29) is 11.3 Å². The summed E-state index contributed by atoms with van der Waals surface area (Å²) in [5.41, 5.74) is -4.25. The molecule has 3 N–H and O–H groups in total. The van der Waals surface area contributed by atoms with Gasteiger partial charge < -0.3 is 20.1 Å². The summed E-state index contributed by atoms with van der Waals surface area (Å²) in [7, 11) is 0. The molecule has 0 bridgehead atoms. The van der Waals surface area contributed by atoms with Gasteiger partial charge in [0.05, 0.1) is 11.7 Å². The fourth-order valence-electron chi connectivity index (χ4n) is 2.59. The van der Waals surface area contributed by atoms with Crippen LogP contribution in [0.3, 0.4) is 0 Å². The van der Waals surface area contributed by atoms with Crippen molar-refractivity contribution in [3.05, 3.63) is 64.5 Å². The van der Waals surface area contributed by atoms with Gasteiger partial charge in [-0.25, -0.2) is 26.7 Å². The Morgan fingerprint density at radius 2 is 1.50 bits per heavy atom. The summed E-state index contributed by atoms with van der Waals surface area (Å²) < 4.78 is 72.8. The zero-order chi connectivity index (χ0) is 21.4. The van der Waals surface area contributed by atoms with Gasteiger partial charge in [0.1, 0.15) is 11.9 Å². The molecule has 5 nitrogen and oxygen atoms in total. The second-order valence-electron chi connectivity index (χ2n) is 6.02. The van der Waals surface area contributed by atoms with E-state index in [0.717, 1.165) is 26.0 Å². The van der Waals surface area contributed by atoms with E-state index < -0.39 is 58.4 Å². The quantitative estimate of drug-likeness (QED) is 0.390. The first-order chi connectivity index (χ1) is 12.9. The van der Waals surface area contributed by atoms with Crippen LogP contribution in [0.25, 0.3) is 0 Å². The smallest absolute Gasteiger partial charge is 0.343 e. The number of halogens is 5. The Hall–Kier alpha value is -2.72. The predicted octanol–water partition coefficient (Wildman–Crippen LogP) is 3.18. The largest absolute Gasteiger partial charge is 0.486 e. The lowest BCUT2D eigenvalue weighted by atomic mass is 9.89. The van der Waals surface area contributed by atoms with Crippen LogP contribution in [0.5, 0.6) is 5.75 Å². The maximum atomic E-state index is 13.9. The van der Waals surface area contributed by atoms with E-state index in [9.17, 15) is 42.1 Å². The predicted molar refractivity (Wildman–Crippen MR) is 84.9 cm³/mol. The summed E-state index contributed by atoms with van der Waals surface area (Å²) in [6, 6.07) is 4.53. The van der Waals surface area contributed by atoms with Crippen molar-refractivity contribution in [2.75, 3.05) is 0 Å². The van der Waals surface area contributed by atoms with Crippen molar-refractivity contribution in [1.29, 1.82) is 0 Å². The number of hydrogen-bond acceptors (Lipinski definition) is 4. The molecule has 0 aliphatic rings. The number of aliphatic carboxylic acids is 1. The molecule has 0 saturated heterocycles. The van der Waals surface area contributed by atoms with Crippen molar-refractivity contribution in [2.24, 2.45) is 0 Å². The van der Waals surface area contributed by atoms with Gasteiger partial charge in [-0.15, -0.1) is 0 Å². The molecule has 0 aromatic heterocycles. The van der Waals surface area contributed by atoms with Crippen molar-refractivity contribution >= 4 is 5.97 Å². The topological polar surface area (TPSA) is 87.0 Å². The first-order valence-electron chi connectivity index (χ1n) is 7.85. The Morgan fingerprint density at radius 3 is 1.96 bits per heavy atom. The van der Waals surface area contributed by atoms with Crippen LogP contribution in [0, 0.1) is 29.1 Å². The van der Waals surface area contributed by atoms with Crippen molar-refractivity contribution in [3.8, 4) is 5.75 Å². The first kappa shape index (κ1) is 21.6. The van der Waals surface area contributed by atoms with Crippen molar-refractivity contribution in [1.82, 2.24) is 0 Å². The summed E-state index contributed by atoms with van der Waals surface area (Å²) in [5.74, 6) is -12.7. The van der Waals surface area contributed by atoms with Crippen LogP contribution in [0.4, 0.5) is 22.0 Å². The van der Waals surface area contributed by atoms with Gasteiger partial charge in [-0.3, -0.25) is 0 Å². The number of aliphatic hydroxyl groups excluding tert-OH is 1. The van der Waals surface area contributed by atoms with Crippen LogP contribution in [0.2, 0.25) is 0 Å². The van der Waals surface area contributed by atoms with E-state index in [1.165, 1.54) is 12.1 Å². The molecule has 0 aliphatic carbocycles. The number of aliphatic hydroxyl groups is 2. The average molecular weight is 406 g/mol. The second kappa shape index (κ2) is 7.72. The highest BCUT2D eigenvalue weighted by Gasteiger charge is 2.43. The van der Waals surface area contributed by atoms with E-state index in [0.29, 0.717) is 0 Å². The third-order valence-corrected chi connectivity index (χ3v) is 4.17. The Balaban J connectivity index is 2.45. The van der Waals surface area contributed by atoms with Gasteiger partial charge in [-0.05, 0) is 26.0 Å². The molecule has 0 heterocycles. The highest BCUT2D eigenvalue weighted by atomic mass is 19.2. The highest BCUT2D eigenvalue weighted by molar-refractivity contribution is 5.80. The van der Waals surface area contributed by atoms with Crippen LogP contribution in [0.1, 0.15) is 31.1 Å². The average Bonchev–Trinajstić information content (AvgIpc) is 2.64. The Kier molecular flexibility index (Phi) is 5.95. The molecule has 0 fully saturated rings. The third kappa shape index (κ3) is 3.52. The zero-order valence-corrected chi connectivity index (χ0v) is 14.5. The lowest BCUT2D eigenvalue weighted by Gasteiger charge is -2.27. The van der Waals surface area contributed by atoms with Crippen molar-refractivity contribution in [2.45, 2.75) is 31.7 Å². The maximum absolute atomic E-state index is 13.9. The molecule has 0 amide bonds. The lowest BCUT2D eigenvalue weighted by molar-refractivity contribution is -0.172. The molecule has 3 atom stereocenters. The number of ether oxygens (including phenoxy) is 1. The second-order valence-corrected chi connectivity index (χ2v) is 6.02. The van der Waals surface area contributed by atoms with Gasteiger partial charge in [0.25, 0.3) is 0 Å². The van der Waals surface area contributed by atoms with Gasteiger partial charge in [0.15, 0.2) is 23.3 Å². The van der Waals surface area contributed by atoms with Crippen LogP contribution >= 0.6 is 0 Å². The van der Waals surface area contributed by atoms with Gasteiger partial charge in [0.2, 0.25) is 11.4 Å². The first-order valence-corrected chi connectivity index (χ1v) is 7.85. The van der Waals surface area contributed by atoms with E-state index in [2.05, 4.69) is 0 Å². The minimum absolute atomic E-state index is 0.241. The Morgan fingerprint density at radius 1 is 1.00 bits per heavy atom. The van der Waals surface area contributed by atoms with E-state index in [4.69, 9.17) is 4.74 Å². The van der Waals surface area contributed by atoms with Crippen LogP contribution in [-0.2, 0) is 10.4 Å². The van der Waals surface area contributed by atoms with Crippen molar-refractivity contribution < 1.29 is 46.8 Å². The number of rotatable bonds is 6. The van der Waals surface area contributed by atoms with Crippen molar-refractivity contribution in [3.63, 3.8) is 0 Å². The molecule has 0 radical (unpaired) electrons. The SMILES string of the molecule is CC(Oc1cccc(C(O)(C(=O)O)C(C)O)c1)c1c(F)c(F)c(F)c(F)c1F. The van der Waals surface area contributed by atoms with E-state index in [1.807, 2.05) is 0 Å². The summed E-state index contributed by atoms with van der Waals surface area (Å²) in [5, 5.41) is 29.1. The fraction of sp³-hybridized carbons (Fsp3) is 0.278. The number of benzene rings is 2. The number of carboxylic acid groups (broad SMARTS) is 1. The van der Waals surface area contributed by atoms with Gasteiger partial charge in [-0.2, -0.15) is 0 Å². The van der Waals surface area contributed by atoms with E-state index in [1.54, 1.807) is 0 Å². The number of carboxylic acids is 1. The molecule has 152 valence electrons. The molecule has 28 heavy (non-hydrogen) atoms. The molecular weight excluding hydrogens is 391 g/mol. The van der Waals surface area contributed by atoms with Crippen LogP contribution in [-0.4, -0.2) is 27.4 Å². The summed E-state index contributed by atoms with van der Waals surface area (Å²) in [4.78, 5) is 11.3. The minimum atomic E-state index is -2.72. The maximum Gasteiger partial charge on any atom is 0.343 e. The normalized spacial score (nSPS) is 15.6. The highest BCUT2D eigenvalue weighted by Crippen LogP contribution is 2.33. The standard InChI is InChI=1S/C18H15F5O5/c1-7(11-12(19)14(21)16(23)15(22)13(11)20)28-10-5-3-4-9(6-10)18(27,8(2)24)17(25)26/h3-8,24,27H,1-2H3,(H,25,26). The molecule has 0 saturated carbocycles. The fourth-order valence-corrected chi connectivity index (χ4v) is 2.59. The van der Waals surface area contributed by atoms with Crippen LogP contribution in [0.15, 0.2) is 24.3 Å². The minimum Gasteiger partial charge on any atom is -0.486 e. The number of carbonyl (C=O) groups is 1. The summed E-state index contributed by atoms with van der Waals surface area (Å²) in [6.45, 7) is 2.04. The molecule has 2 aromatic carbocycles. The summed E-state index contributed by atoms with van der Waals surface area (Å²) in [6.07, 6.45) is -3.41. The third-order valence-electron chi connectivity index (χ3n) is 4.17. The zero-order valence-electron chi connectivity index (χ0n) is 14.5. The van der Waals surface area contributed by atoms with Gasteiger partial charge >= 0.3 is 5.97 Å². The molecule has 2 aromatic rings. The molecule has 10 heteroatoms. The van der Waals surface area contributed by atoms with Crippen LogP contribution < -0.4 is 4.74 Å². The van der Waals surface area contributed by atoms with E-state index >= 15 is 0 Å². The molecule has 0 aliphatic heterocycles. The Labute approximate surface area is 155 Å².